The van der Waals surface area contributed by atoms with E-state index < -0.39 is 11.7 Å². The summed E-state index contributed by atoms with van der Waals surface area (Å²) in [4.78, 5) is 4.11. The molecule has 0 saturated carbocycles. The van der Waals surface area contributed by atoms with E-state index in [0.717, 1.165) is 49.7 Å². The predicted molar refractivity (Wildman–Crippen MR) is 129 cm³/mol. The first-order valence-corrected chi connectivity index (χ1v) is 12.3. The molecule has 3 rings (SSSR count). The Bertz CT molecular complexity index is 873. The van der Waals surface area contributed by atoms with Crippen molar-refractivity contribution in [2.75, 3.05) is 32.2 Å². The maximum absolute atomic E-state index is 6.74. The number of hydrogen-bond donors (Lipinski definition) is 1. The number of rotatable bonds is 15. The van der Waals surface area contributed by atoms with E-state index in [9.17, 15) is 0 Å². The second-order valence-corrected chi connectivity index (χ2v) is 8.64. The van der Waals surface area contributed by atoms with E-state index in [0.29, 0.717) is 32.2 Å². The molecule has 1 fully saturated rings. The second kappa shape index (κ2) is 12.5. The van der Waals surface area contributed by atoms with Crippen molar-refractivity contribution in [3.05, 3.63) is 36.8 Å². The Balaban J connectivity index is 1.98. The minimum atomic E-state index is -0.828. The molecule has 0 radical (unpaired) electrons. The van der Waals surface area contributed by atoms with Gasteiger partial charge in [-0.25, -0.2) is 9.50 Å². The Morgan fingerprint density at radius 3 is 2.48 bits per heavy atom. The number of unbranched alkanes of at least 4 members (excludes halogenated alkanes) is 3. The average Bonchev–Trinajstić information content (AvgIpc) is 3.38. The summed E-state index contributed by atoms with van der Waals surface area (Å²) in [5.41, 5.74) is 6.84. The fourth-order valence-electron chi connectivity index (χ4n) is 4.17. The van der Waals surface area contributed by atoms with Gasteiger partial charge in [0.1, 0.15) is 35.8 Å². The highest BCUT2D eigenvalue weighted by atomic mass is 16.6. The predicted octanol–water partition coefficient (Wildman–Crippen LogP) is 4.49. The molecule has 2 aromatic rings. The van der Waals surface area contributed by atoms with Crippen molar-refractivity contribution in [3.8, 4) is 0 Å². The van der Waals surface area contributed by atoms with E-state index in [1.165, 1.54) is 6.33 Å². The summed E-state index contributed by atoms with van der Waals surface area (Å²) in [5, 5.41) is 4.43. The van der Waals surface area contributed by atoms with Crippen LogP contribution in [0.1, 0.15) is 71.1 Å². The highest BCUT2D eigenvalue weighted by Crippen LogP contribution is 2.45. The van der Waals surface area contributed by atoms with E-state index >= 15 is 0 Å². The van der Waals surface area contributed by atoms with Crippen LogP contribution in [-0.4, -0.2) is 58.8 Å². The normalized spacial score (nSPS) is 25.1. The average molecular weight is 461 g/mol. The lowest BCUT2D eigenvalue weighted by atomic mass is 9.94. The van der Waals surface area contributed by atoms with Crippen molar-refractivity contribution < 1.29 is 18.9 Å². The molecule has 184 valence electrons. The third-order valence-corrected chi connectivity index (χ3v) is 6.15. The molecule has 0 amide bonds. The Morgan fingerprint density at radius 2 is 1.79 bits per heavy atom. The van der Waals surface area contributed by atoms with Crippen LogP contribution in [-0.2, 0) is 18.9 Å². The van der Waals surface area contributed by atoms with Crippen LogP contribution in [0.2, 0.25) is 0 Å². The van der Waals surface area contributed by atoms with Gasteiger partial charge in [0.2, 0.25) is 0 Å². The minimum Gasteiger partial charge on any atom is -0.382 e. The summed E-state index contributed by atoms with van der Waals surface area (Å²) in [6.07, 6.45) is 8.25. The number of hydrogen-bond acceptors (Lipinski definition) is 7. The van der Waals surface area contributed by atoms with Crippen LogP contribution < -0.4 is 5.73 Å². The number of nitrogens with zero attached hydrogens (tertiary/aromatic N) is 3. The summed E-state index contributed by atoms with van der Waals surface area (Å²) < 4.78 is 27.5. The quantitative estimate of drug-likeness (QED) is 0.309. The third kappa shape index (κ3) is 5.74. The molecule has 8 heteroatoms. The van der Waals surface area contributed by atoms with E-state index in [-0.39, 0.29) is 12.2 Å². The van der Waals surface area contributed by atoms with Crippen molar-refractivity contribution >= 4 is 11.3 Å². The number of nitrogen functional groups attached to an aromatic ring is 1. The lowest BCUT2D eigenvalue weighted by Gasteiger charge is -2.32. The molecule has 0 bridgehead atoms. The Morgan fingerprint density at radius 1 is 1.09 bits per heavy atom. The lowest BCUT2D eigenvalue weighted by molar-refractivity contribution is -0.117. The Kier molecular flexibility index (Phi) is 9.67. The van der Waals surface area contributed by atoms with Gasteiger partial charge in [0.05, 0.1) is 12.3 Å². The molecule has 1 aliphatic rings. The lowest BCUT2D eigenvalue weighted by Crippen LogP contribution is -2.48. The number of anilines is 1. The Hall–Kier alpha value is -2.00. The monoisotopic (exact) mass is 460 g/mol. The van der Waals surface area contributed by atoms with Gasteiger partial charge in [-0.3, -0.25) is 0 Å². The molecule has 1 aliphatic heterocycles. The minimum absolute atomic E-state index is 0.338. The van der Waals surface area contributed by atoms with E-state index in [1.807, 2.05) is 18.2 Å². The van der Waals surface area contributed by atoms with Crippen molar-refractivity contribution in [2.45, 2.75) is 83.2 Å². The number of fused-ring (bicyclic) bond motifs is 1. The summed E-state index contributed by atoms with van der Waals surface area (Å²) in [6, 6.07) is 3.89. The van der Waals surface area contributed by atoms with Crippen LogP contribution in [0.4, 0.5) is 5.82 Å². The highest BCUT2D eigenvalue weighted by Gasteiger charge is 2.56. The largest absolute Gasteiger partial charge is 0.382 e. The van der Waals surface area contributed by atoms with Crippen LogP contribution in [0.3, 0.4) is 0 Å². The molecule has 8 nitrogen and oxygen atoms in total. The number of nitrogens with two attached hydrogens (primary N) is 1. The van der Waals surface area contributed by atoms with E-state index in [4.69, 9.17) is 24.7 Å². The van der Waals surface area contributed by atoms with Gasteiger partial charge in [0.15, 0.2) is 5.82 Å². The van der Waals surface area contributed by atoms with Crippen molar-refractivity contribution in [1.29, 1.82) is 0 Å². The summed E-state index contributed by atoms with van der Waals surface area (Å²) in [6.45, 7) is 12.8. The first-order valence-electron chi connectivity index (χ1n) is 12.3. The zero-order valence-corrected chi connectivity index (χ0v) is 20.4. The van der Waals surface area contributed by atoms with Gasteiger partial charge in [0.25, 0.3) is 0 Å². The van der Waals surface area contributed by atoms with Gasteiger partial charge in [-0.05, 0) is 31.4 Å². The van der Waals surface area contributed by atoms with Gasteiger partial charge in [-0.1, -0.05) is 46.1 Å². The van der Waals surface area contributed by atoms with Gasteiger partial charge >= 0.3 is 0 Å². The third-order valence-electron chi connectivity index (χ3n) is 6.15. The van der Waals surface area contributed by atoms with E-state index in [2.05, 4.69) is 37.4 Å². The molecule has 3 heterocycles. The highest BCUT2D eigenvalue weighted by molar-refractivity contribution is 5.65. The van der Waals surface area contributed by atoms with Crippen molar-refractivity contribution in [1.82, 2.24) is 14.6 Å². The van der Waals surface area contributed by atoms with Gasteiger partial charge in [-0.2, -0.15) is 5.10 Å². The zero-order valence-electron chi connectivity index (χ0n) is 20.4. The Labute approximate surface area is 197 Å². The molecule has 0 aromatic carbocycles. The van der Waals surface area contributed by atoms with Gasteiger partial charge in [0, 0.05) is 19.8 Å². The molecule has 4 atom stereocenters. The maximum atomic E-state index is 6.74. The summed E-state index contributed by atoms with van der Waals surface area (Å²) in [7, 11) is 0. The fraction of sp³-hybridized carbons (Fsp3) is 0.680. The molecule has 1 saturated heterocycles. The smallest absolute Gasteiger partial charge is 0.151 e. The second-order valence-electron chi connectivity index (χ2n) is 8.64. The number of ether oxygens (including phenoxy) is 4. The van der Waals surface area contributed by atoms with Crippen LogP contribution in [0, 0.1) is 0 Å². The maximum Gasteiger partial charge on any atom is 0.151 e. The summed E-state index contributed by atoms with van der Waals surface area (Å²) in [5.74, 6) is 0.423. The molecule has 0 aliphatic carbocycles. The molecule has 0 spiro atoms. The van der Waals surface area contributed by atoms with Crippen molar-refractivity contribution in [3.63, 3.8) is 0 Å². The van der Waals surface area contributed by atoms with Gasteiger partial charge in [-0.15, -0.1) is 6.58 Å². The standard InChI is InChI=1S/C25H40N4O4/c1-5-9-14-30-17-25(8-4)23(32-16-11-7-3)22(31-15-10-6-2)21(33-25)19-12-13-20-24(26)27-18-28-29(19)20/h8,12-13,18,21-23H,4-7,9-11,14-17H2,1-3H3,(H2,26,27,28)/t21-,22-,23-,25+/m0/s1. The topological polar surface area (TPSA) is 93.1 Å². The molecule has 33 heavy (non-hydrogen) atoms. The molecular formula is C25H40N4O4. The van der Waals surface area contributed by atoms with E-state index in [1.54, 1.807) is 4.52 Å². The number of aromatic nitrogens is 3. The van der Waals surface area contributed by atoms with Crippen LogP contribution in [0.25, 0.3) is 5.52 Å². The van der Waals surface area contributed by atoms with Crippen LogP contribution in [0.5, 0.6) is 0 Å². The van der Waals surface area contributed by atoms with Crippen LogP contribution in [0.15, 0.2) is 31.1 Å². The van der Waals surface area contributed by atoms with Crippen molar-refractivity contribution in [2.24, 2.45) is 0 Å². The molecule has 2 aromatic heterocycles. The first-order chi connectivity index (χ1) is 16.1. The zero-order chi connectivity index (χ0) is 23.7. The molecule has 0 unspecified atom stereocenters. The van der Waals surface area contributed by atoms with Gasteiger partial charge < -0.3 is 24.7 Å². The molecular weight excluding hydrogens is 420 g/mol. The first kappa shape index (κ1) is 25.6. The molecule has 2 N–H and O–H groups in total. The van der Waals surface area contributed by atoms with Crippen LogP contribution >= 0.6 is 0 Å². The summed E-state index contributed by atoms with van der Waals surface area (Å²) >= 11 is 0. The fourth-order valence-corrected chi connectivity index (χ4v) is 4.17. The SMILES string of the molecule is C=C[C@]1(COCCCC)O[C@@H](c2ccc3c(N)ncnn23)[C@H](OCCCC)[C@@H]1OCCCC.